The van der Waals surface area contributed by atoms with Crippen LogP contribution in [0.5, 0.6) is 0 Å². The highest BCUT2D eigenvalue weighted by Gasteiger charge is 2.40. The molecule has 9 unspecified atom stereocenters. The van der Waals surface area contributed by atoms with Gasteiger partial charge in [-0.2, -0.15) is 0 Å². The third-order valence-electron chi connectivity index (χ3n) is 10.8. The molecule has 0 bridgehead atoms. The number of cyclic esters (lactones) is 7. The minimum absolute atomic E-state index is 0.0312. The smallest absolute Gasteiger partial charge is 0.308 e. The number of aliphatic carboxylic acids is 1. The van der Waals surface area contributed by atoms with Crippen LogP contribution < -0.4 is 0 Å². The van der Waals surface area contributed by atoms with Gasteiger partial charge in [0, 0.05) is 38.5 Å². The SMILES string of the molecule is CC1CC(=O)CO1.CC1CC(O)(CC(=O)O)CC(=O)O1.CC1CCC(=O)O1.CC1CCC(=O)OC1.CC1CCCC(=O)O1.CC1CCCOC1=O.CC1CCOC(=O)C1.CC1CCOC1=O. The fraction of sp³-hybridized carbons (Fsp3) is 0.809. The van der Waals surface area contributed by atoms with Crippen LogP contribution in [-0.2, 0) is 81.0 Å². The van der Waals surface area contributed by atoms with Crippen molar-refractivity contribution in [3.8, 4) is 0 Å². The molecule has 0 spiro atoms. The van der Waals surface area contributed by atoms with Gasteiger partial charge in [0.25, 0.3) is 0 Å². The summed E-state index contributed by atoms with van der Waals surface area (Å²) in [5.74, 6) is -0.244. The van der Waals surface area contributed by atoms with E-state index in [4.69, 9.17) is 38.3 Å². The van der Waals surface area contributed by atoms with E-state index in [2.05, 4.69) is 18.6 Å². The fourth-order valence-corrected chi connectivity index (χ4v) is 6.81. The van der Waals surface area contributed by atoms with Crippen molar-refractivity contribution < 1.29 is 91.3 Å². The number of carbonyl (C=O) groups excluding carboxylic acids is 8. The lowest BCUT2D eigenvalue weighted by atomic mass is 9.87. The van der Waals surface area contributed by atoms with Gasteiger partial charge < -0.3 is 48.1 Å². The third-order valence-corrected chi connectivity index (χ3v) is 10.8. The van der Waals surface area contributed by atoms with Crippen LogP contribution >= 0.6 is 0 Å². The first kappa shape index (κ1) is 59.4. The van der Waals surface area contributed by atoms with Gasteiger partial charge >= 0.3 is 47.8 Å². The molecule has 66 heavy (non-hydrogen) atoms. The Hall–Kier alpha value is -4.65. The van der Waals surface area contributed by atoms with E-state index in [9.17, 15) is 48.3 Å². The molecule has 19 nitrogen and oxygen atoms in total. The summed E-state index contributed by atoms with van der Waals surface area (Å²) < 4.78 is 38.1. The first-order chi connectivity index (χ1) is 31.0. The van der Waals surface area contributed by atoms with Crippen LogP contribution in [0.25, 0.3) is 0 Å². The highest BCUT2D eigenvalue weighted by molar-refractivity contribution is 5.81. The molecule has 0 radical (unpaired) electrons. The van der Waals surface area contributed by atoms with Crippen molar-refractivity contribution in [3.63, 3.8) is 0 Å². The maximum atomic E-state index is 10.9. The number of aliphatic hydroxyl groups is 1. The first-order valence-corrected chi connectivity index (χ1v) is 23.3. The highest BCUT2D eigenvalue weighted by Crippen LogP contribution is 2.28. The second-order valence-corrected chi connectivity index (χ2v) is 18.1. The minimum Gasteiger partial charge on any atom is -0.481 e. The molecule has 0 saturated carbocycles. The highest BCUT2D eigenvalue weighted by atomic mass is 16.6. The number of carboxylic acids is 1. The standard InChI is InChI=1S/C8H12O5.4C6H10O2.3C5H8O2/c1-5-2-8(12,3-6(9)10)4-7(11)13-5;1-5-2-3-8-6(7)4-5;1-5-2-3-6(7)8-4-5;1-5-3-2-4-8-6(5)7;1-5-3-2-4-6(7)8-5;1-4-2-5(6)3-7-4;1-4-2-3-7-5(4)6;1-4-2-3-5(6)7-4/h5,12H,2-4H2,1H3,(H,9,10);4*5H,2-4H2,1H3;3*4H,2-3H2,1H3. The van der Waals surface area contributed by atoms with Crippen LogP contribution in [0.15, 0.2) is 0 Å². The predicted molar refractivity (Wildman–Crippen MR) is 234 cm³/mol. The summed E-state index contributed by atoms with van der Waals surface area (Å²) in [6.45, 7) is 18.2. The Morgan fingerprint density at radius 1 is 0.545 bits per heavy atom. The van der Waals surface area contributed by atoms with E-state index in [-0.39, 0.29) is 84.6 Å². The van der Waals surface area contributed by atoms with E-state index >= 15 is 0 Å². The van der Waals surface area contributed by atoms with Crippen LogP contribution in [0.4, 0.5) is 0 Å². The van der Waals surface area contributed by atoms with Gasteiger partial charge in [0.15, 0.2) is 5.78 Å². The van der Waals surface area contributed by atoms with E-state index in [0.29, 0.717) is 77.0 Å². The molecule has 8 rings (SSSR count). The zero-order chi connectivity index (χ0) is 49.8. The van der Waals surface area contributed by atoms with E-state index in [0.717, 1.165) is 51.4 Å². The summed E-state index contributed by atoms with van der Waals surface area (Å²) in [4.78, 5) is 94.0. The van der Waals surface area contributed by atoms with Gasteiger partial charge in [-0.25, -0.2) is 0 Å². The number of hydrogen-bond acceptors (Lipinski definition) is 18. The molecule has 0 aromatic rings. The van der Waals surface area contributed by atoms with Gasteiger partial charge in [0.2, 0.25) is 0 Å². The second kappa shape index (κ2) is 32.1. The van der Waals surface area contributed by atoms with E-state index in [1.165, 1.54) is 0 Å². The van der Waals surface area contributed by atoms with Crippen LogP contribution in [0.2, 0.25) is 0 Å². The molecular weight excluding hydrogens is 868 g/mol. The van der Waals surface area contributed by atoms with Crippen LogP contribution in [0, 0.1) is 23.7 Å². The Bertz CT molecular complexity index is 1500. The van der Waals surface area contributed by atoms with Crippen molar-refractivity contribution in [2.24, 2.45) is 23.7 Å². The van der Waals surface area contributed by atoms with Crippen molar-refractivity contribution >= 4 is 53.5 Å². The second-order valence-electron chi connectivity index (χ2n) is 18.1. The van der Waals surface area contributed by atoms with Gasteiger partial charge in [-0.05, 0) is 90.9 Å². The molecule has 8 saturated heterocycles. The zero-order valence-corrected chi connectivity index (χ0v) is 40.3. The number of esters is 7. The summed E-state index contributed by atoms with van der Waals surface area (Å²) in [5.41, 5.74) is -1.43. The van der Waals surface area contributed by atoms with Crippen LogP contribution in [-0.4, -0.2) is 127 Å². The summed E-state index contributed by atoms with van der Waals surface area (Å²) in [5, 5.41) is 18.2. The van der Waals surface area contributed by atoms with Crippen LogP contribution in [0.3, 0.4) is 0 Å². The van der Waals surface area contributed by atoms with Crippen molar-refractivity contribution in [3.05, 3.63) is 0 Å². The third kappa shape index (κ3) is 29.1. The quantitative estimate of drug-likeness (QED) is 0.254. The normalized spacial score (nSPS) is 30.9. The lowest BCUT2D eigenvalue weighted by Crippen LogP contribution is -2.43. The van der Waals surface area contributed by atoms with Gasteiger partial charge in [-0.3, -0.25) is 43.2 Å². The van der Waals surface area contributed by atoms with Gasteiger partial charge in [0.05, 0.1) is 75.0 Å². The van der Waals surface area contributed by atoms with Crippen LogP contribution in [0.1, 0.15) is 158 Å². The molecule has 0 aromatic carbocycles. The first-order valence-electron chi connectivity index (χ1n) is 23.3. The fourth-order valence-electron chi connectivity index (χ4n) is 6.81. The van der Waals surface area contributed by atoms with E-state index in [1.54, 1.807) is 6.92 Å². The summed E-state index contributed by atoms with van der Waals surface area (Å²) in [7, 11) is 0. The van der Waals surface area contributed by atoms with Crippen molar-refractivity contribution in [2.75, 3.05) is 33.0 Å². The Morgan fingerprint density at radius 2 is 1.12 bits per heavy atom. The topological polar surface area (TPSA) is 268 Å². The van der Waals surface area contributed by atoms with Crippen molar-refractivity contribution in [1.82, 2.24) is 0 Å². The molecule has 19 heteroatoms. The minimum atomic E-state index is -1.43. The number of ketones is 1. The maximum Gasteiger partial charge on any atom is 0.308 e. The number of hydrogen-bond donors (Lipinski definition) is 2. The number of carbonyl (C=O) groups is 9. The largest absolute Gasteiger partial charge is 0.481 e. The summed E-state index contributed by atoms with van der Waals surface area (Å²) in [6, 6.07) is 0. The molecule has 378 valence electrons. The number of carboxylic acid groups (broad SMARTS) is 1. The van der Waals surface area contributed by atoms with Gasteiger partial charge in [-0.15, -0.1) is 0 Å². The lowest BCUT2D eigenvalue weighted by molar-refractivity contribution is -0.172. The van der Waals surface area contributed by atoms with Crippen molar-refractivity contribution in [1.29, 1.82) is 0 Å². The summed E-state index contributed by atoms with van der Waals surface area (Å²) in [6.07, 6.45) is 10.6. The monoisotopic (exact) mass is 944 g/mol. The average molecular weight is 945 g/mol. The molecule has 8 aliphatic rings. The molecule has 0 aliphatic carbocycles. The Kier molecular flexibility index (Phi) is 28.9. The van der Waals surface area contributed by atoms with Crippen molar-refractivity contribution in [2.45, 2.75) is 188 Å². The molecule has 8 aliphatic heterocycles. The molecule has 8 heterocycles. The average Bonchev–Trinajstić information content (AvgIpc) is 3.93. The van der Waals surface area contributed by atoms with Gasteiger partial charge in [0.1, 0.15) is 12.7 Å². The maximum absolute atomic E-state index is 10.9. The Labute approximate surface area is 388 Å². The zero-order valence-electron chi connectivity index (χ0n) is 40.3. The lowest BCUT2D eigenvalue weighted by Gasteiger charge is -2.33. The molecule has 8 fully saturated rings. The number of ether oxygens (including phenoxy) is 8. The van der Waals surface area contributed by atoms with E-state index in [1.807, 2.05) is 34.6 Å². The summed E-state index contributed by atoms with van der Waals surface area (Å²) >= 11 is 0. The molecular formula is C47H76O19. The number of Topliss-reactive ketones (excluding diaryl/α,β-unsaturated/α-hetero) is 1. The molecule has 0 aromatic heterocycles. The molecule has 0 amide bonds. The Morgan fingerprint density at radius 3 is 1.44 bits per heavy atom. The Balaban J connectivity index is 0.000000380. The van der Waals surface area contributed by atoms with E-state index < -0.39 is 30.1 Å². The molecule has 9 atom stereocenters. The van der Waals surface area contributed by atoms with Gasteiger partial charge in [-0.1, -0.05) is 27.7 Å². The molecule has 2 N–H and O–H groups in total. The number of rotatable bonds is 2. The predicted octanol–water partition coefficient (Wildman–Crippen LogP) is 5.54.